The number of hydrogen-bond acceptors (Lipinski definition) is 7. The van der Waals surface area contributed by atoms with Crippen molar-refractivity contribution in [2.24, 2.45) is 5.92 Å². The number of nitriles is 1. The fourth-order valence-corrected chi connectivity index (χ4v) is 6.47. The molecule has 8 nitrogen and oxygen atoms in total. The van der Waals surface area contributed by atoms with Gasteiger partial charge in [0, 0.05) is 18.4 Å². The first-order valence-corrected chi connectivity index (χ1v) is 14.3. The van der Waals surface area contributed by atoms with Crippen LogP contribution in [0.15, 0.2) is 41.9 Å². The van der Waals surface area contributed by atoms with E-state index >= 15 is 4.39 Å². The monoisotopic (exact) mass is 565 g/mol. The van der Waals surface area contributed by atoms with Gasteiger partial charge in [0.25, 0.3) is 5.78 Å². The highest BCUT2D eigenvalue weighted by Gasteiger charge is 2.48. The molecule has 10 heteroatoms. The predicted octanol–water partition coefficient (Wildman–Crippen LogP) is 6.36. The van der Waals surface area contributed by atoms with E-state index < -0.39 is 17.0 Å². The van der Waals surface area contributed by atoms with Crippen molar-refractivity contribution in [1.82, 2.24) is 19.6 Å². The fourth-order valence-electron chi connectivity index (χ4n) is 6.33. The third-order valence-corrected chi connectivity index (χ3v) is 9.00. The van der Waals surface area contributed by atoms with Crippen molar-refractivity contribution in [3.63, 3.8) is 0 Å². The molecule has 3 aromatic rings. The van der Waals surface area contributed by atoms with Gasteiger partial charge in [-0.25, -0.2) is 18.7 Å². The number of rotatable bonds is 9. The summed E-state index contributed by atoms with van der Waals surface area (Å²) in [6.07, 6.45) is 9.10. The van der Waals surface area contributed by atoms with E-state index in [0.717, 1.165) is 31.2 Å². The highest BCUT2D eigenvalue weighted by molar-refractivity contribution is 6.30. The average molecular weight is 566 g/mol. The summed E-state index contributed by atoms with van der Waals surface area (Å²) in [7, 11) is 0. The molecule has 0 bridgehead atoms. The molecule has 0 saturated heterocycles. The Morgan fingerprint density at radius 3 is 2.70 bits per heavy atom. The van der Waals surface area contributed by atoms with E-state index in [9.17, 15) is 15.2 Å². The van der Waals surface area contributed by atoms with Crippen LogP contribution >= 0.6 is 11.6 Å². The molecular weight excluding hydrogens is 533 g/mol. The first-order valence-electron chi connectivity index (χ1n) is 13.9. The number of carbonyl (C=O) groups is 1. The number of hydrogen-bond donors (Lipinski definition) is 1. The maximum atomic E-state index is 15.2. The zero-order chi connectivity index (χ0) is 28.5. The van der Waals surface area contributed by atoms with Crippen LogP contribution in [0.3, 0.4) is 0 Å². The van der Waals surface area contributed by atoms with Crippen LogP contribution in [-0.2, 0) is 27.8 Å². The summed E-state index contributed by atoms with van der Waals surface area (Å²) in [6.45, 7) is 3.80. The zero-order valence-electron chi connectivity index (χ0n) is 22.8. The van der Waals surface area contributed by atoms with E-state index in [2.05, 4.69) is 21.1 Å². The second-order valence-electron chi connectivity index (χ2n) is 11.0. The number of aryl methyl sites for hydroxylation is 1. The van der Waals surface area contributed by atoms with E-state index in [0.29, 0.717) is 47.9 Å². The largest absolute Gasteiger partial charge is 0.512 e. The number of cyclic esters (lactones) is 1. The minimum Gasteiger partial charge on any atom is -0.512 e. The first kappa shape index (κ1) is 28.0. The molecule has 1 saturated carbocycles. The third-order valence-electron chi connectivity index (χ3n) is 8.80. The molecule has 1 N–H and O–H groups in total. The summed E-state index contributed by atoms with van der Waals surface area (Å²) in [5.41, 5.74) is -0.402. The SMILES string of the molecule is CCC(C#N)(CC)c1ccc(CCC2(C3CCCC3)CC(O)=C(Cc3nc4ncc(Cl)cn4n3)C(=O)O2)cc1F. The van der Waals surface area contributed by atoms with Gasteiger partial charge in [0.15, 0.2) is 5.82 Å². The summed E-state index contributed by atoms with van der Waals surface area (Å²) in [5, 5.41) is 25.6. The summed E-state index contributed by atoms with van der Waals surface area (Å²) >= 11 is 5.98. The van der Waals surface area contributed by atoms with E-state index in [1.54, 1.807) is 12.3 Å². The van der Waals surface area contributed by atoms with Crippen LogP contribution in [0.2, 0.25) is 5.02 Å². The van der Waals surface area contributed by atoms with Crippen LogP contribution in [0.1, 0.15) is 82.2 Å². The number of aromatic nitrogens is 4. The number of nitrogens with zero attached hydrogens (tertiary/aromatic N) is 5. The molecule has 210 valence electrons. The Labute approximate surface area is 237 Å². The van der Waals surface area contributed by atoms with Crippen molar-refractivity contribution in [2.75, 3.05) is 0 Å². The number of fused-ring (bicyclic) bond motifs is 1. The van der Waals surface area contributed by atoms with Crippen molar-refractivity contribution in [2.45, 2.75) is 89.1 Å². The predicted molar refractivity (Wildman–Crippen MR) is 147 cm³/mol. The normalized spacial score (nSPS) is 20.2. The lowest BCUT2D eigenvalue weighted by molar-refractivity contribution is -0.167. The van der Waals surface area contributed by atoms with Gasteiger partial charge >= 0.3 is 5.97 Å². The topological polar surface area (TPSA) is 113 Å². The second kappa shape index (κ2) is 11.2. The van der Waals surface area contributed by atoms with E-state index in [-0.39, 0.29) is 35.9 Å². The number of halogens is 2. The van der Waals surface area contributed by atoms with Gasteiger partial charge in [0.1, 0.15) is 17.2 Å². The zero-order valence-corrected chi connectivity index (χ0v) is 23.5. The quantitative estimate of drug-likeness (QED) is 0.300. The molecule has 0 spiro atoms. The molecule has 3 heterocycles. The van der Waals surface area contributed by atoms with Gasteiger partial charge in [-0.2, -0.15) is 10.2 Å². The molecule has 0 radical (unpaired) electrons. The van der Waals surface area contributed by atoms with Gasteiger partial charge in [-0.1, -0.05) is 50.4 Å². The Bertz CT molecular complexity index is 1500. The highest BCUT2D eigenvalue weighted by Crippen LogP contribution is 2.46. The fraction of sp³-hybridized carbons (Fsp3) is 0.500. The lowest BCUT2D eigenvalue weighted by atomic mass is 9.75. The maximum absolute atomic E-state index is 15.2. The highest BCUT2D eigenvalue weighted by atomic mass is 35.5. The van der Waals surface area contributed by atoms with Gasteiger partial charge in [0.2, 0.25) is 0 Å². The standard InChI is InChI=1S/C30H33ClFN5O3/c1-3-29(4-2,18-33)23-10-9-19(13-24(23)32)11-12-30(20-7-5-6-8-20)15-25(38)22(27(39)40-30)14-26-35-28-34-16-21(31)17-37(28)36-26/h9-10,13,16-17,20,38H,3-8,11-12,14-15H2,1-2H3. The van der Waals surface area contributed by atoms with Crippen LogP contribution in [0.4, 0.5) is 4.39 Å². The van der Waals surface area contributed by atoms with Gasteiger partial charge < -0.3 is 9.84 Å². The lowest BCUT2D eigenvalue weighted by Gasteiger charge is -2.41. The Morgan fingerprint density at radius 2 is 2.05 bits per heavy atom. The minimum absolute atomic E-state index is 0.00850. The average Bonchev–Trinajstić information content (AvgIpc) is 3.62. The summed E-state index contributed by atoms with van der Waals surface area (Å²) < 4.78 is 22.9. The van der Waals surface area contributed by atoms with E-state index in [1.807, 2.05) is 19.9 Å². The molecule has 1 unspecified atom stereocenters. The van der Waals surface area contributed by atoms with E-state index in [1.165, 1.54) is 16.8 Å². The molecule has 1 aliphatic carbocycles. The van der Waals surface area contributed by atoms with Crippen LogP contribution < -0.4 is 0 Å². The summed E-state index contributed by atoms with van der Waals surface area (Å²) in [6, 6.07) is 7.38. The third kappa shape index (κ3) is 5.17. The molecule has 40 heavy (non-hydrogen) atoms. The van der Waals surface area contributed by atoms with Crippen molar-refractivity contribution in [1.29, 1.82) is 5.26 Å². The minimum atomic E-state index is -0.874. The van der Waals surface area contributed by atoms with Crippen LogP contribution in [0.25, 0.3) is 5.78 Å². The maximum Gasteiger partial charge on any atom is 0.338 e. The number of aliphatic hydroxyl groups excluding tert-OH is 1. The molecule has 2 aliphatic rings. The molecule has 2 aromatic heterocycles. The van der Waals surface area contributed by atoms with Crippen LogP contribution in [0.5, 0.6) is 0 Å². The molecule has 1 aliphatic heterocycles. The Kier molecular flexibility index (Phi) is 7.83. The number of aliphatic hydroxyl groups is 1. The Balaban J connectivity index is 1.38. The van der Waals surface area contributed by atoms with Crippen molar-refractivity contribution in [3.05, 3.63) is 69.7 Å². The first-order chi connectivity index (χ1) is 19.2. The van der Waals surface area contributed by atoms with Gasteiger partial charge in [-0.15, -0.1) is 5.10 Å². The van der Waals surface area contributed by atoms with Gasteiger partial charge in [0.05, 0.1) is 34.5 Å². The molecule has 1 aromatic carbocycles. The smallest absolute Gasteiger partial charge is 0.338 e. The molecular formula is C30H33ClFN5O3. The summed E-state index contributed by atoms with van der Waals surface area (Å²) in [5.74, 6) is -0.211. The Hall–Kier alpha value is -3.51. The van der Waals surface area contributed by atoms with E-state index in [4.69, 9.17) is 16.3 Å². The van der Waals surface area contributed by atoms with Crippen molar-refractivity contribution < 1.29 is 19.0 Å². The molecule has 5 rings (SSSR count). The Morgan fingerprint density at radius 1 is 1.30 bits per heavy atom. The lowest BCUT2D eigenvalue weighted by Crippen LogP contribution is -2.46. The number of benzene rings is 1. The number of ether oxygens (including phenoxy) is 1. The van der Waals surface area contributed by atoms with Crippen LogP contribution in [0, 0.1) is 23.1 Å². The summed E-state index contributed by atoms with van der Waals surface area (Å²) in [4.78, 5) is 21.8. The van der Waals surface area contributed by atoms with Gasteiger partial charge in [-0.3, -0.25) is 0 Å². The second-order valence-corrected chi connectivity index (χ2v) is 11.4. The number of esters is 1. The number of carbonyl (C=O) groups excluding carboxylic acids is 1. The van der Waals surface area contributed by atoms with Crippen molar-refractivity contribution >= 4 is 23.3 Å². The molecule has 1 atom stereocenters. The molecule has 0 amide bonds. The van der Waals surface area contributed by atoms with Crippen LogP contribution in [-0.4, -0.2) is 36.3 Å². The van der Waals surface area contributed by atoms with Gasteiger partial charge in [-0.05, 0) is 56.1 Å². The van der Waals surface area contributed by atoms with Crippen molar-refractivity contribution in [3.8, 4) is 6.07 Å². The molecule has 1 fully saturated rings.